The zero-order chi connectivity index (χ0) is 12.3. The van der Waals surface area contributed by atoms with Gasteiger partial charge in [0, 0.05) is 12.0 Å². The molecule has 0 N–H and O–H groups in total. The summed E-state index contributed by atoms with van der Waals surface area (Å²) in [6, 6.07) is 1.15. The summed E-state index contributed by atoms with van der Waals surface area (Å²) in [4.78, 5) is 7.69. The molecule has 0 fully saturated rings. The molecule has 0 saturated carbocycles. The molecule has 7 heteroatoms. The van der Waals surface area contributed by atoms with Crippen LogP contribution in [0.1, 0.15) is 25.6 Å². The minimum absolute atomic E-state index is 0.0352. The van der Waals surface area contributed by atoms with Gasteiger partial charge in [0.25, 0.3) is 0 Å². The first-order chi connectivity index (χ1) is 7.28. The van der Waals surface area contributed by atoms with Crippen molar-refractivity contribution in [2.45, 2.75) is 25.9 Å². The van der Waals surface area contributed by atoms with Crippen molar-refractivity contribution in [3.8, 4) is 5.88 Å². The molecular weight excluding hydrogens is 245 g/mol. The molecule has 90 valence electrons. The van der Waals surface area contributed by atoms with Crippen LogP contribution in [0.3, 0.4) is 0 Å². The van der Waals surface area contributed by atoms with Crippen molar-refractivity contribution in [1.29, 1.82) is 0 Å². The van der Waals surface area contributed by atoms with Crippen molar-refractivity contribution in [3.05, 3.63) is 17.0 Å². The largest absolute Gasteiger partial charge is 0.468 e. The lowest BCUT2D eigenvalue weighted by atomic mass is 10.2. The SMILES string of the molecule is CC(C)c1nc(Cl)cc(OCC(F)(F)F)n1. The van der Waals surface area contributed by atoms with Gasteiger partial charge in [0.2, 0.25) is 5.88 Å². The third-order valence-corrected chi connectivity index (χ3v) is 1.78. The molecule has 0 bridgehead atoms. The lowest BCUT2D eigenvalue weighted by molar-refractivity contribution is -0.154. The van der Waals surface area contributed by atoms with Gasteiger partial charge >= 0.3 is 6.18 Å². The third kappa shape index (κ3) is 4.22. The molecule has 0 aliphatic rings. The minimum atomic E-state index is -4.39. The predicted octanol–water partition coefficient (Wildman–Crippen LogP) is 3.19. The Bertz CT molecular complexity index is 368. The van der Waals surface area contributed by atoms with Gasteiger partial charge in [-0.1, -0.05) is 25.4 Å². The molecule has 0 saturated heterocycles. The molecule has 0 aromatic carbocycles. The van der Waals surface area contributed by atoms with E-state index in [-0.39, 0.29) is 17.0 Å². The van der Waals surface area contributed by atoms with Crippen molar-refractivity contribution in [2.75, 3.05) is 6.61 Å². The average molecular weight is 255 g/mol. The van der Waals surface area contributed by atoms with Crippen LogP contribution in [0, 0.1) is 0 Å². The van der Waals surface area contributed by atoms with Crippen molar-refractivity contribution in [3.63, 3.8) is 0 Å². The van der Waals surface area contributed by atoms with E-state index < -0.39 is 12.8 Å². The molecule has 1 aromatic rings. The zero-order valence-electron chi connectivity index (χ0n) is 8.68. The summed E-state index contributed by atoms with van der Waals surface area (Å²) in [6.07, 6.45) is -4.39. The number of halogens is 4. The second-order valence-corrected chi connectivity index (χ2v) is 3.83. The van der Waals surface area contributed by atoms with Gasteiger partial charge in [0.1, 0.15) is 11.0 Å². The standard InChI is InChI=1S/C9H10ClF3N2O/c1-5(2)8-14-6(10)3-7(15-8)16-4-9(11,12)13/h3,5H,4H2,1-2H3. The second kappa shape index (κ2) is 4.86. The molecule has 0 radical (unpaired) electrons. The minimum Gasteiger partial charge on any atom is -0.468 e. The molecule has 0 aliphatic heterocycles. The first-order valence-electron chi connectivity index (χ1n) is 4.52. The Hall–Kier alpha value is -1.04. The summed E-state index contributed by atoms with van der Waals surface area (Å²) in [7, 11) is 0. The number of nitrogens with zero attached hydrogens (tertiary/aromatic N) is 2. The topological polar surface area (TPSA) is 35.0 Å². The van der Waals surface area contributed by atoms with Crippen LogP contribution < -0.4 is 4.74 Å². The number of hydrogen-bond donors (Lipinski definition) is 0. The molecule has 0 spiro atoms. The molecule has 1 rings (SSSR count). The van der Waals surface area contributed by atoms with Crippen molar-refractivity contribution >= 4 is 11.6 Å². The van der Waals surface area contributed by atoms with Gasteiger partial charge < -0.3 is 4.74 Å². The summed E-state index contributed by atoms with van der Waals surface area (Å²) in [6.45, 7) is 2.22. The van der Waals surface area contributed by atoms with E-state index in [0.717, 1.165) is 6.07 Å². The van der Waals surface area contributed by atoms with Crippen LogP contribution in [0.15, 0.2) is 6.07 Å². The van der Waals surface area contributed by atoms with Crippen molar-refractivity contribution < 1.29 is 17.9 Å². The second-order valence-electron chi connectivity index (χ2n) is 3.45. The molecule has 0 atom stereocenters. The van der Waals surface area contributed by atoms with Gasteiger partial charge in [-0.15, -0.1) is 0 Å². The summed E-state index contributed by atoms with van der Waals surface area (Å²) in [5.74, 6) is 0.151. The third-order valence-electron chi connectivity index (χ3n) is 1.59. The van der Waals surface area contributed by atoms with E-state index in [1.54, 1.807) is 13.8 Å². The fraction of sp³-hybridized carbons (Fsp3) is 0.556. The summed E-state index contributed by atoms with van der Waals surface area (Å²) in [5.41, 5.74) is 0. The van der Waals surface area contributed by atoms with Gasteiger partial charge in [-0.25, -0.2) is 4.98 Å². The molecule has 3 nitrogen and oxygen atoms in total. The van der Waals surface area contributed by atoms with Gasteiger partial charge in [-0.3, -0.25) is 0 Å². The first-order valence-corrected chi connectivity index (χ1v) is 4.90. The van der Waals surface area contributed by atoms with E-state index in [1.807, 2.05) is 0 Å². The fourth-order valence-electron chi connectivity index (χ4n) is 0.902. The summed E-state index contributed by atoms with van der Waals surface area (Å²) >= 11 is 5.63. The number of rotatable bonds is 3. The smallest absolute Gasteiger partial charge is 0.422 e. The highest BCUT2D eigenvalue weighted by Crippen LogP contribution is 2.21. The zero-order valence-corrected chi connectivity index (χ0v) is 9.43. The summed E-state index contributed by atoms with van der Waals surface area (Å²) < 4.78 is 40.2. The molecular formula is C9H10ClF3N2O. The Kier molecular flexibility index (Phi) is 3.96. The van der Waals surface area contributed by atoms with Gasteiger partial charge in [-0.2, -0.15) is 18.2 Å². The Labute approximate surface area is 95.6 Å². The van der Waals surface area contributed by atoms with Crippen LogP contribution in [0.5, 0.6) is 5.88 Å². The first kappa shape index (κ1) is 13.0. The van der Waals surface area contributed by atoms with E-state index in [2.05, 4.69) is 14.7 Å². The van der Waals surface area contributed by atoms with Crippen LogP contribution in [0.2, 0.25) is 5.15 Å². The van der Waals surface area contributed by atoms with E-state index in [0.29, 0.717) is 5.82 Å². The normalized spacial score (nSPS) is 11.9. The number of aromatic nitrogens is 2. The van der Waals surface area contributed by atoms with Gasteiger partial charge in [0.15, 0.2) is 6.61 Å². The predicted molar refractivity (Wildman–Crippen MR) is 52.7 cm³/mol. The Morgan fingerprint density at radius 3 is 2.50 bits per heavy atom. The van der Waals surface area contributed by atoms with Crippen LogP contribution in [-0.4, -0.2) is 22.8 Å². The van der Waals surface area contributed by atoms with Crippen molar-refractivity contribution in [1.82, 2.24) is 9.97 Å². The van der Waals surface area contributed by atoms with E-state index in [1.165, 1.54) is 0 Å². The maximum Gasteiger partial charge on any atom is 0.422 e. The lowest BCUT2D eigenvalue weighted by Gasteiger charge is -2.10. The highest BCUT2D eigenvalue weighted by molar-refractivity contribution is 6.29. The molecule has 0 amide bonds. The maximum atomic E-state index is 11.9. The van der Waals surface area contributed by atoms with Crippen LogP contribution in [-0.2, 0) is 0 Å². The Morgan fingerprint density at radius 2 is 2.00 bits per heavy atom. The van der Waals surface area contributed by atoms with Gasteiger partial charge in [-0.05, 0) is 0 Å². The summed E-state index contributed by atoms with van der Waals surface area (Å²) in [5, 5.41) is 0.0656. The van der Waals surface area contributed by atoms with E-state index >= 15 is 0 Å². The van der Waals surface area contributed by atoms with Crippen molar-refractivity contribution in [2.24, 2.45) is 0 Å². The highest BCUT2D eigenvalue weighted by atomic mass is 35.5. The average Bonchev–Trinajstić information content (AvgIpc) is 2.13. The molecule has 1 heterocycles. The highest BCUT2D eigenvalue weighted by Gasteiger charge is 2.28. The quantitative estimate of drug-likeness (QED) is 0.777. The number of alkyl halides is 3. The molecule has 16 heavy (non-hydrogen) atoms. The Morgan fingerprint density at radius 1 is 1.38 bits per heavy atom. The molecule has 0 unspecified atom stereocenters. The molecule has 0 aliphatic carbocycles. The lowest BCUT2D eigenvalue weighted by Crippen LogP contribution is -2.20. The van der Waals surface area contributed by atoms with E-state index in [9.17, 15) is 13.2 Å². The van der Waals surface area contributed by atoms with Crippen LogP contribution >= 0.6 is 11.6 Å². The monoisotopic (exact) mass is 254 g/mol. The van der Waals surface area contributed by atoms with Crippen LogP contribution in [0.4, 0.5) is 13.2 Å². The van der Waals surface area contributed by atoms with Crippen LogP contribution in [0.25, 0.3) is 0 Å². The number of ether oxygens (including phenoxy) is 1. The maximum absolute atomic E-state index is 11.9. The molecule has 1 aromatic heterocycles. The van der Waals surface area contributed by atoms with E-state index in [4.69, 9.17) is 11.6 Å². The Balaban J connectivity index is 2.81. The number of hydrogen-bond acceptors (Lipinski definition) is 3. The fourth-order valence-corrected chi connectivity index (χ4v) is 1.08. The van der Waals surface area contributed by atoms with Gasteiger partial charge in [0.05, 0.1) is 0 Å².